The van der Waals surface area contributed by atoms with Crippen LogP contribution in [0.5, 0.6) is 0 Å². The average Bonchev–Trinajstić information content (AvgIpc) is 2.43. The van der Waals surface area contributed by atoms with E-state index in [1.807, 2.05) is 13.0 Å². The summed E-state index contributed by atoms with van der Waals surface area (Å²) in [5, 5.41) is 0. The number of hydrogen-bond acceptors (Lipinski definition) is 3. The zero-order chi connectivity index (χ0) is 14.7. The Kier molecular flexibility index (Phi) is 4.58. The maximum atomic E-state index is 11.5. The molecular weight excluding hydrogens is 250 g/mol. The van der Waals surface area contributed by atoms with Crippen LogP contribution in [0.2, 0.25) is 0 Å². The highest BCUT2D eigenvalue weighted by molar-refractivity contribution is 5.90. The van der Waals surface area contributed by atoms with Crippen LogP contribution in [0.15, 0.2) is 18.2 Å². The van der Waals surface area contributed by atoms with Crippen molar-refractivity contribution in [3.8, 4) is 0 Å². The molecule has 0 radical (unpaired) electrons. The van der Waals surface area contributed by atoms with Gasteiger partial charge < -0.3 is 4.74 Å². The van der Waals surface area contributed by atoms with Crippen molar-refractivity contribution in [1.29, 1.82) is 0 Å². The molecule has 1 aromatic rings. The number of fused-ring (bicyclic) bond motifs is 1. The number of nitrogens with zero attached hydrogens (tertiary/aromatic N) is 1. The van der Waals surface area contributed by atoms with E-state index in [0.29, 0.717) is 18.4 Å². The first kappa shape index (κ1) is 14.8. The summed E-state index contributed by atoms with van der Waals surface area (Å²) in [6.07, 6.45) is 3.94. The van der Waals surface area contributed by atoms with Crippen molar-refractivity contribution in [1.82, 2.24) is 4.98 Å². The van der Waals surface area contributed by atoms with Gasteiger partial charge in [0.1, 0.15) is 0 Å². The smallest absolute Gasteiger partial charge is 0.331 e. The lowest BCUT2D eigenvalue weighted by molar-refractivity contribution is -0.137. The summed E-state index contributed by atoms with van der Waals surface area (Å²) in [6, 6.07) is 4.18. The SMILES string of the molecule is CCOC(=O)/C=C(\C)c1ccc2c(n1)C(C)CCC2C. The Morgan fingerprint density at radius 3 is 2.75 bits per heavy atom. The van der Waals surface area contributed by atoms with Crippen LogP contribution in [0.25, 0.3) is 5.57 Å². The minimum Gasteiger partial charge on any atom is -0.463 e. The molecule has 0 bridgehead atoms. The lowest BCUT2D eigenvalue weighted by atomic mass is 9.81. The van der Waals surface area contributed by atoms with E-state index in [9.17, 15) is 4.79 Å². The molecule has 0 saturated carbocycles. The summed E-state index contributed by atoms with van der Waals surface area (Å²) in [7, 11) is 0. The van der Waals surface area contributed by atoms with Crippen molar-refractivity contribution < 1.29 is 9.53 Å². The molecule has 1 aliphatic rings. The largest absolute Gasteiger partial charge is 0.463 e. The van der Waals surface area contributed by atoms with Gasteiger partial charge in [-0.2, -0.15) is 0 Å². The van der Waals surface area contributed by atoms with Crippen LogP contribution in [0.1, 0.15) is 69.3 Å². The van der Waals surface area contributed by atoms with Gasteiger partial charge >= 0.3 is 5.97 Å². The van der Waals surface area contributed by atoms with Gasteiger partial charge in [0, 0.05) is 11.8 Å². The van der Waals surface area contributed by atoms with E-state index in [1.54, 1.807) is 6.92 Å². The molecule has 108 valence electrons. The topological polar surface area (TPSA) is 39.2 Å². The van der Waals surface area contributed by atoms with Gasteiger partial charge in [-0.3, -0.25) is 4.98 Å². The molecule has 0 amide bonds. The highest BCUT2D eigenvalue weighted by atomic mass is 16.5. The second kappa shape index (κ2) is 6.21. The van der Waals surface area contributed by atoms with Crippen molar-refractivity contribution in [2.24, 2.45) is 0 Å². The van der Waals surface area contributed by atoms with E-state index >= 15 is 0 Å². The normalized spacial score (nSPS) is 22.3. The van der Waals surface area contributed by atoms with E-state index in [0.717, 1.165) is 11.3 Å². The van der Waals surface area contributed by atoms with Gasteiger partial charge in [-0.15, -0.1) is 0 Å². The molecule has 0 N–H and O–H groups in total. The number of allylic oxidation sites excluding steroid dienone is 1. The summed E-state index contributed by atoms with van der Waals surface area (Å²) < 4.78 is 4.94. The van der Waals surface area contributed by atoms with Gasteiger partial charge in [0.05, 0.1) is 12.3 Å². The van der Waals surface area contributed by atoms with Gasteiger partial charge in [-0.05, 0) is 55.7 Å². The van der Waals surface area contributed by atoms with Crippen molar-refractivity contribution in [3.05, 3.63) is 35.2 Å². The summed E-state index contributed by atoms with van der Waals surface area (Å²) in [4.78, 5) is 16.3. The number of carbonyl (C=O) groups excluding carboxylic acids is 1. The van der Waals surface area contributed by atoms with Crippen LogP contribution in [-0.2, 0) is 9.53 Å². The number of esters is 1. The third-order valence-corrected chi connectivity index (χ3v) is 4.01. The first-order valence-electron chi connectivity index (χ1n) is 7.39. The summed E-state index contributed by atoms with van der Waals surface area (Å²) in [5.41, 5.74) is 4.28. The van der Waals surface area contributed by atoms with Crippen LogP contribution in [0, 0.1) is 0 Å². The third-order valence-electron chi connectivity index (χ3n) is 4.01. The molecule has 20 heavy (non-hydrogen) atoms. The average molecular weight is 273 g/mol. The monoisotopic (exact) mass is 273 g/mol. The Balaban J connectivity index is 2.31. The number of hydrogen-bond donors (Lipinski definition) is 0. The summed E-state index contributed by atoms with van der Waals surface area (Å²) in [6.45, 7) is 8.60. The van der Waals surface area contributed by atoms with Crippen molar-refractivity contribution in [2.75, 3.05) is 6.61 Å². The fourth-order valence-corrected chi connectivity index (χ4v) is 2.74. The molecular formula is C17H23NO2. The lowest BCUT2D eigenvalue weighted by Gasteiger charge is -2.26. The number of ether oxygens (including phenoxy) is 1. The third kappa shape index (κ3) is 3.09. The number of rotatable bonds is 3. The van der Waals surface area contributed by atoms with E-state index < -0.39 is 0 Å². The molecule has 3 nitrogen and oxygen atoms in total. The molecule has 2 rings (SSSR count). The molecule has 0 fully saturated rings. The van der Waals surface area contributed by atoms with E-state index in [-0.39, 0.29) is 5.97 Å². The Labute approximate surface area is 121 Å². The van der Waals surface area contributed by atoms with Crippen LogP contribution >= 0.6 is 0 Å². The fraction of sp³-hybridized carbons (Fsp3) is 0.529. The molecule has 0 saturated heterocycles. The molecule has 1 aliphatic carbocycles. The summed E-state index contributed by atoms with van der Waals surface area (Å²) in [5.74, 6) is 0.777. The molecule has 0 aromatic carbocycles. The van der Waals surface area contributed by atoms with Crippen LogP contribution in [-0.4, -0.2) is 17.6 Å². The molecule has 0 aliphatic heterocycles. The van der Waals surface area contributed by atoms with E-state index in [4.69, 9.17) is 9.72 Å². The fourth-order valence-electron chi connectivity index (χ4n) is 2.74. The highest BCUT2D eigenvalue weighted by Crippen LogP contribution is 2.37. The Hall–Kier alpha value is -1.64. The molecule has 1 aromatic heterocycles. The van der Waals surface area contributed by atoms with Crippen LogP contribution < -0.4 is 0 Å². The second-order valence-corrected chi connectivity index (χ2v) is 5.63. The maximum Gasteiger partial charge on any atom is 0.331 e. The molecule has 2 atom stereocenters. The zero-order valence-corrected chi connectivity index (χ0v) is 12.8. The van der Waals surface area contributed by atoms with Crippen LogP contribution in [0.4, 0.5) is 0 Å². The van der Waals surface area contributed by atoms with Crippen molar-refractivity contribution >= 4 is 11.5 Å². The predicted octanol–water partition coefficient (Wildman–Crippen LogP) is 4.05. The summed E-state index contributed by atoms with van der Waals surface area (Å²) >= 11 is 0. The van der Waals surface area contributed by atoms with Gasteiger partial charge in [0.25, 0.3) is 0 Å². The second-order valence-electron chi connectivity index (χ2n) is 5.63. The molecule has 3 heteroatoms. The Morgan fingerprint density at radius 2 is 2.05 bits per heavy atom. The van der Waals surface area contributed by atoms with Gasteiger partial charge in [-0.1, -0.05) is 19.9 Å². The van der Waals surface area contributed by atoms with Crippen LogP contribution in [0.3, 0.4) is 0 Å². The minimum atomic E-state index is -0.300. The van der Waals surface area contributed by atoms with Gasteiger partial charge in [-0.25, -0.2) is 4.79 Å². The first-order valence-corrected chi connectivity index (χ1v) is 7.39. The zero-order valence-electron chi connectivity index (χ0n) is 12.8. The Bertz CT molecular complexity index is 534. The van der Waals surface area contributed by atoms with Crippen molar-refractivity contribution in [3.63, 3.8) is 0 Å². The van der Waals surface area contributed by atoms with Crippen molar-refractivity contribution in [2.45, 2.75) is 52.4 Å². The molecule has 2 unspecified atom stereocenters. The standard InChI is InChI=1S/C17H23NO2/c1-5-20-16(19)10-13(4)15-9-8-14-11(2)6-7-12(3)17(14)18-15/h8-12H,5-7H2,1-4H3/b13-10+. The lowest BCUT2D eigenvalue weighted by Crippen LogP contribution is -2.13. The highest BCUT2D eigenvalue weighted by Gasteiger charge is 2.23. The van der Waals surface area contributed by atoms with Gasteiger partial charge in [0.15, 0.2) is 0 Å². The number of aromatic nitrogens is 1. The van der Waals surface area contributed by atoms with Gasteiger partial charge in [0.2, 0.25) is 0 Å². The quantitative estimate of drug-likeness (QED) is 0.616. The van der Waals surface area contributed by atoms with E-state index in [2.05, 4.69) is 19.9 Å². The minimum absolute atomic E-state index is 0.300. The number of carbonyl (C=O) groups is 1. The Morgan fingerprint density at radius 1 is 1.35 bits per heavy atom. The number of pyridine rings is 1. The van der Waals surface area contributed by atoms with E-state index in [1.165, 1.54) is 30.2 Å². The maximum absolute atomic E-state index is 11.5. The molecule has 0 spiro atoms. The molecule has 1 heterocycles. The predicted molar refractivity (Wildman–Crippen MR) is 80.6 cm³/mol. The first-order chi connectivity index (χ1) is 9.52.